The van der Waals surface area contributed by atoms with Crippen molar-refractivity contribution >= 4 is 5.91 Å². The van der Waals surface area contributed by atoms with Gasteiger partial charge in [-0.2, -0.15) is 0 Å². The molecule has 2 saturated heterocycles. The van der Waals surface area contributed by atoms with Gasteiger partial charge in [0.25, 0.3) is 0 Å². The third-order valence-corrected chi connectivity index (χ3v) is 19.9. The van der Waals surface area contributed by atoms with Crippen LogP contribution in [0.5, 0.6) is 0 Å². The minimum Gasteiger partial charge on any atom is -0.394 e. The van der Waals surface area contributed by atoms with Gasteiger partial charge in [-0.25, -0.2) is 0 Å². The van der Waals surface area contributed by atoms with Gasteiger partial charge in [0.05, 0.1) is 32.0 Å². The topological polar surface area (TPSA) is 228 Å². The molecule has 0 radical (unpaired) electrons. The van der Waals surface area contributed by atoms with Gasteiger partial charge in [-0.3, -0.25) is 4.79 Å². The van der Waals surface area contributed by atoms with Crippen LogP contribution in [0, 0.1) is 0 Å². The lowest BCUT2D eigenvalue weighted by atomic mass is 9.97. The third-order valence-electron chi connectivity index (χ3n) is 19.9. The molecule has 2 aliphatic rings. The van der Waals surface area contributed by atoms with E-state index in [1.165, 1.54) is 283 Å². The molecule has 0 aromatic carbocycles. The largest absolute Gasteiger partial charge is 0.394 e. The molecule has 2 heterocycles. The van der Waals surface area contributed by atoms with Gasteiger partial charge in [0.15, 0.2) is 12.6 Å². The number of nitrogens with one attached hydrogen (secondary N) is 1. The lowest BCUT2D eigenvalue weighted by molar-refractivity contribution is -0.359. The molecule has 0 aliphatic carbocycles. The first-order chi connectivity index (χ1) is 46.1. The van der Waals surface area contributed by atoms with Gasteiger partial charge in [0.1, 0.15) is 48.8 Å². The number of aliphatic hydroxyl groups excluding tert-OH is 8. The van der Waals surface area contributed by atoms with Crippen LogP contribution in [0.2, 0.25) is 0 Å². The molecule has 12 unspecified atom stereocenters. The van der Waals surface area contributed by atoms with Crippen LogP contribution in [-0.2, 0) is 23.7 Å². The van der Waals surface area contributed by atoms with Crippen molar-refractivity contribution in [3.63, 3.8) is 0 Å². The lowest BCUT2D eigenvalue weighted by Crippen LogP contribution is -2.65. The molecule has 9 N–H and O–H groups in total. The Hall–Kier alpha value is -1.79. The van der Waals surface area contributed by atoms with Crippen molar-refractivity contribution in [2.24, 2.45) is 0 Å². The van der Waals surface area contributed by atoms with Gasteiger partial charge in [-0.15, -0.1) is 0 Å². The highest BCUT2D eigenvalue weighted by Crippen LogP contribution is 2.30. The smallest absolute Gasteiger partial charge is 0.220 e. The predicted octanol–water partition coefficient (Wildman–Crippen LogP) is 18.0. The van der Waals surface area contributed by atoms with E-state index in [2.05, 4.69) is 55.6 Å². The SMILES string of the molecule is CCCCCCC/C=C\C/C=C\C/C=C\CCCCCCCCCCCCCCCCCCCCCCCCCCCCC(=O)NC(COC1OC(CO)C(OC2OC(CO)C(O)C(O)C2O)C(O)C1O)C(O)CCCCCCCCCCCCCCCCCCCCC. The average Bonchev–Trinajstić information content (AvgIpc) is 0.794. The van der Waals surface area contributed by atoms with E-state index < -0.39 is 86.8 Å². The van der Waals surface area contributed by atoms with E-state index in [0.717, 1.165) is 64.2 Å². The van der Waals surface area contributed by atoms with Crippen molar-refractivity contribution in [1.29, 1.82) is 0 Å². The van der Waals surface area contributed by atoms with Crippen molar-refractivity contribution in [1.82, 2.24) is 5.32 Å². The van der Waals surface area contributed by atoms with E-state index in [9.17, 15) is 45.6 Å². The van der Waals surface area contributed by atoms with Crippen molar-refractivity contribution in [2.75, 3.05) is 19.8 Å². The fourth-order valence-electron chi connectivity index (χ4n) is 13.5. The Morgan fingerprint density at radius 3 is 1.07 bits per heavy atom. The molecule has 12 atom stereocenters. The molecule has 0 bridgehead atoms. The Bertz CT molecular complexity index is 1720. The molecule has 0 saturated carbocycles. The Labute approximate surface area is 576 Å². The normalized spacial score (nSPS) is 22.6. The second-order valence-corrected chi connectivity index (χ2v) is 28.6. The van der Waals surface area contributed by atoms with E-state index in [4.69, 9.17) is 18.9 Å². The molecule has 0 aromatic heterocycles. The Balaban J connectivity index is 1.54. The summed E-state index contributed by atoms with van der Waals surface area (Å²) >= 11 is 0. The van der Waals surface area contributed by atoms with E-state index in [1.54, 1.807) is 0 Å². The van der Waals surface area contributed by atoms with Gasteiger partial charge in [-0.1, -0.05) is 352 Å². The van der Waals surface area contributed by atoms with E-state index >= 15 is 0 Å². The van der Waals surface area contributed by atoms with Crippen LogP contribution in [0.1, 0.15) is 373 Å². The fourth-order valence-corrected chi connectivity index (χ4v) is 13.5. The van der Waals surface area contributed by atoms with Gasteiger partial charge in [0.2, 0.25) is 5.91 Å². The minimum absolute atomic E-state index is 0.198. The Kier molecular flexibility index (Phi) is 60.7. The van der Waals surface area contributed by atoms with E-state index in [1.807, 2.05) is 0 Å². The number of ether oxygens (including phenoxy) is 4. The first-order valence-corrected chi connectivity index (χ1v) is 40.2. The number of hydrogen-bond acceptors (Lipinski definition) is 13. The number of aliphatic hydroxyl groups is 8. The van der Waals surface area contributed by atoms with Crippen LogP contribution in [0.25, 0.3) is 0 Å². The zero-order valence-corrected chi connectivity index (χ0v) is 60.7. The highest BCUT2D eigenvalue weighted by atomic mass is 16.7. The summed E-state index contributed by atoms with van der Waals surface area (Å²) in [6, 6.07) is -0.827. The van der Waals surface area contributed by atoms with Crippen LogP contribution in [0.15, 0.2) is 36.5 Å². The van der Waals surface area contributed by atoms with Gasteiger partial charge in [0, 0.05) is 6.42 Å². The molecule has 1 amide bonds. The summed E-state index contributed by atoms with van der Waals surface area (Å²) in [5.74, 6) is -0.198. The summed E-state index contributed by atoms with van der Waals surface area (Å²) in [6.07, 6.45) is 67.7. The van der Waals surface area contributed by atoms with Crippen LogP contribution < -0.4 is 5.32 Å². The minimum atomic E-state index is -1.78. The number of amides is 1. The van der Waals surface area contributed by atoms with Crippen LogP contribution >= 0.6 is 0 Å². The number of allylic oxidation sites excluding steroid dienone is 6. The van der Waals surface area contributed by atoms with Crippen molar-refractivity contribution in [3.05, 3.63) is 36.5 Å². The quantitative estimate of drug-likeness (QED) is 0.0204. The molecule has 0 aromatic rings. The Morgan fingerprint density at radius 1 is 0.383 bits per heavy atom. The number of carbonyl (C=O) groups excluding carboxylic acids is 1. The first-order valence-electron chi connectivity index (χ1n) is 40.2. The first kappa shape index (κ1) is 88.3. The molecule has 94 heavy (non-hydrogen) atoms. The maximum Gasteiger partial charge on any atom is 0.220 e. The molecule has 14 heteroatoms. The average molecular weight is 1340 g/mol. The second-order valence-electron chi connectivity index (χ2n) is 28.6. The number of carbonyl (C=O) groups is 1. The monoisotopic (exact) mass is 1330 g/mol. The van der Waals surface area contributed by atoms with Gasteiger partial charge < -0.3 is 65.1 Å². The van der Waals surface area contributed by atoms with Crippen LogP contribution in [0.4, 0.5) is 0 Å². The summed E-state index contributed by atoms with van der Waals surface area (Å²) in [4.78, 5) is 13.4. The molecule has 2 aliphatic heterocycles. The van der Waals surface area contributed by atoms with E-state index in [-0.39, 0.29) is 12.5 Å². The second kappa shape index (κ2) is 64.6. The highest BCUT2D eigenvalue weighted by Gasteiger charge is 2.51. The Morgan fingerprint density at radius 2 is 0.702 bits per heavy atom. The van der Waals surface area contributed by atoms with Gasteiger partial charge >= 0.3 is 0 Å². The molecular formula is C80H151NO13. The molecule has 2 fully saturated rings. The van der Waals surface area contributed by atoms with Crippen molar-refractivity contribution < 1.29 is 64.6 Å². The van der Waals surface area contributed by atoms with Crippen molar-refractivity contribution in [3.8, 4) is 0 Å². The lowest BCUT2D eigenvalue weighted by Gasteiger charge is -2.46. The van der Waals surface area contributed by atoms with Crippen LogP contribution in [0.3, 0.4) is 0 Å². The summed E-state index contributed by atoms with van der Waals surface area (Å²) in [6.45, 7) is 2.91. The van der Waals surface area contributed by atoms with Crippen LogP contribution in [-0.4, -0.2) is 140 Å². The third kappa shape index (κ3) is 47.3. The number of unbranched alkanes of at least 4 members (excludes halogenated alkanes) is 49. The zero-order chi connectivity index (χ0) is 68.0. The molecular weight excluding hydrogens is 1180 g/mol. The summed E-state index contributed by atoms with van der Waals surface area (Å²) in [7, 11) is 0. The van der Waals surface area contributed by atoms with E-state index in [0.29, 0.717) is 12.8 Å². The summed E-state index contributed by atoms with van der Waals surface area (Å²) in [5, 5.41) is 87.7. The number of rotatable bonds is 68. The maximum absolute atomic E-state index is 13.4. The maximum atomic E-state index is 13.4. The van der Waals surface area contributed by atoms with Crippen molar-refractivity contribution in [2.45, 2.75) is 447 Å². The summed E-state index contributed by atoms with van der Waals surface area (Å²) in [5.41, 5.74) is 0. The zero-order valence-electron chi connectivity index (χ0n) is 60.7. The number of hydrogen-bond donors (Lipinski definition) is 9. The van der Waals surface area contributed by atoms with Gasteiger partial charge in [-0.05, 0) is 51.4 Å². The fraction of sp³-hybridized carbons (Fsp3) is 0.912. The molecule has 14 nitrogen and oxygen atoms in total. The molecule has 2 rings (SSSR count). The molecule has 554 valence electrons. The highest BCUT2D eigenvalue weighted by molar-refractivity contribution is 5.76. The standard InChI is InChI=1S/C80H151NO13/c1-3-5-7-9-11-13-15-17-19-21-23-24-25-26-27-28-29-30-31-32-33-34-35-36-37-38-39-40-41-42-43-44-46-48-50-52-54-56-58-60-62-64-72(85)81-68(69(84)63-61-59-57-55-53-51-49-47-45-22-20-18-16-14-12-10-8-6-4-2)67-91-79-77(90)75(88)78(71(66-83)93-79)94-80-76(89)74(87)73(86)70(65-82)92-80/h15,17,21,23,25-26,68-71,73-80,82-84,86-90H,3-14,16,18-20,22,24,27-67H2,1-2H3,(H,81,85)/b17-15-,23-21-,26-25-. The predicted molar refractivity (Wildman–Crippen MR) is 388 cm³/mol. The summed E-state index contributed by atoms with van der Waals surface area (Å²) < 4.78 is 23.0. The molecule has 0 spiro atoms.